The Balaban J connectivity index is 2.13. The molecule has 0 fully saturated rings. The molecule has 0 saturated heterocycles. The zero-order chi connectivity index (χ0) is 14.8. The first-order valence-corrected chi connectivity index (χ1v) is 7.58. The van der Waals surface area contributed by atoms with Crippen LogP contribution in [0.25, 0.3) is 22.0 Å². The first kappa shape index (κ1) is 13.7. The van der Waals surface area contributed by atoms with Gasteiger partial charge in [-0.25, -0.2) is 4.98 Å². The highest BCUT2D eigenvalue weighted by Crippen LogP contribution is 2.29. The smallest absolute Gasteiger partial charge is 0.131 e. The number of hydrogen-bond acceptors (Lipinski definition) is 2. The van der Waals surface area contributed by atoms with E-state index >= 15 is 0 Å². The fourth-order valence-corrected chi connectivity index (χ4v) is 2.81. The van der Waals surface area contributed by atoms with Crippen LogP contribution in [0.4, 0.5) is 5.82 Å². The highest BCUT2D eigenvalue weighted by Gasteiger charge is 2.14. The Morgan fingerprint density at radius 3 is 2.52 bits per heavy atom. The van der Waals surface area contributed by atoms with Gasteiger partial charge >= 0.3 is 0 Å². The predicted octanol–water partition coefficient (Wildman–Crippen LogP) is 4.26. The number of nitrogens with two attached hydrogens (primary N) is 1. The number of nitrogen functional groups attached to an aromatic ring is 1. The van der Waals surface area contributed by atoms with Crippen LogP contribution in [-0.4, -0.2) is 9.55 Å². The number of fused-ring (bicyclic) bond motifs is 1. The van der Waals surface area contributed by atoms with Gasteiger partial charge in [-0.2, -0.15) is 0 Å². The number of hydrogen-bond donors (Lipinski definition) is 1. The second kappa shape index (κ2) is 5.60. The first-order valence-electron chi connectivity index (χ1n) is 7.58. The van der Waals surface area contributed by atoms with E-state index in [1.54, 1.807) is 0 Å². The third kappa shape index (κ3) is 2.40. The molecular formula is C18H21N3. The minimum absolute atomic E-state index is 0.781. The Hall–Kier alpha value is -2.29. The van der Waals surface area contributed by atoms with Gasteiger partial charge in [0.25, 0.3) is 0 Å². The maximum absolute atomic E-state index is 6.34. The van der Waals surface area contributed by atoms with Crippen LogP contribution < -0.4 is 5.73 Å². The summed E-state index contributed by atoms with van der Waals surface area (Å²) in [6.07, 6.45) is 1.96. The summed E-state index contributed by atoms with van der Waals surface area (Å²) in [7, 11) is 0. The Labute approximate surface area is 125 Å². The number of benzene rings is 2. The summed E-state index contributed by atoms with van der Waals surface area (Å²) in [4.78, 5) is 4.76. The number of aryl methyl sites for hydroxylation is 1. The molecule has 3 aromatic rings. The lowest BCUT2D eigenvalue weighted by molar-refractivity contribution is 0.650. The van der Waals surface area contributed by atoms with Gasteiger partial charge in [0.1, 0.15) is 17.3 Å². The molecule has 0 bridgehead atoms. The third-order valence-electron chi connectivity index (χ3n) is 3.87. The molecule has 2 N–H and O–H groups in total. The van der Waals surface area contributed by atoms with Crippen molar-refractivity contribution in [1.29, 1.82) is 0 Å². The van der Waals surface area contributed by atoms with Crippen molar-refractivity contribution in [3.8, 4) is 11.3 Å². The first-order chi connectivity index (χ1) is 10.2. The van der Waals surface area contributed by atoms with E-state index in [9.17, 15) is 0 Å². The van der Waals surface area contributed by atoms with Gasteiger partial charge in [0.2, 0.25) is 0 Å². The second-order valence-corrected chi connectivity index (χ2v) is 5.33. The Morgan fingerprint density at radius 1 is 1.05 bits per heavy atom. The number of rotatable bonds is 4. The highest BCUT2D eigenvalue weighted by atomic mass is 15.1. The summed E-state index contributed by atoms with van der Waals surface area (Å²) in [5.74, 6) is 1.85. The standard InChI is InChI=1S/C18H21N3/c1-3-11-21-16(4-2)20-17(18(21)19)15-10-9-13-7-5-6-8-14(13)12-15/h5-10,12H,3-4,11,19H2,1-2H3. The van der Waals surface area contributed by atoms with Crippen molar-refractivity contribution in [2.45, 2.75) is 33.2 Å². The fraction of sp³-hybridized carbons (Fsp3) is 0.278. The van der Waals surface area contributed by atoms with E-state index in [4.69, 9.17) is 10.7 Å². The lowest BCUT2D eigenvalue weighted by Crippen LogP contribution is -2.06. The maximum atomic E-state index is 6.34. The minimum atomic E-state index is 0.781. The van der Waals surface area contributed by atoms with Crippen molar-refractivity contribution in [2.24, 2.45) is 0 Å². The summed E-state index contributed by atoms with van der Waals surface area (Å²) < 4.78 is 2.14. The summed E-state index contributed by atoms with van der Waals surface area (Å²) in [6, 6.07) is 14.8. The van der Waals surface area contributed by atoms with E-state index in [1.807, 2.05) is 0 Å². The molecule has 0 spiro atoms. The molecule has 3 nitrogen and oxygen atoms in total. The number of imidazole rings is 1. The molecule has 1 aromatic heterocycles. The summed E-state index contributed by atoms with van der Waals surface area (Å²) in [5, 5.41) is 2.46. The topological polar surface area (TPSA) is 43.8 Å². The number of anilines is 1. The van der Waals surface area contributed by atoms with Gasteiger partial charge in [-0.15, -0.1) is 0 Å². The van der Waals surface area contributed by atoms with Gasteiger partial charge < -0.3 is 10.3 Å². The van der Waals surface area contributed by atoms with Gasteiger partial charge in [-0.1, -0.05) is 50.2 Å². The third-order valence-corrected chi connectivity index (χ3v) is 3.87. The molecule has 108 valence electrons. The van der Waals surface area contributed by atoms with Crippen molar-refractivity contribution in [3.63, 3.8) is 0 Å². The van der Waals surface area contributed by atoms with Crippen LogP contribution in [0.1, 0.15) is 26.1 Å². The van der Waals surface area contributed by atoms with E-state index in [0.29, 0.717) is 0 Å². The molecular weight excluding hydrogens is 258 g/mol. The van der Waals surface area contributed by atoms with Crippen LogP contribution in [0.15, 0.2) is 42.5 Å². The number of aromatic nitrogens is 2. The van der Waals surface area contributed by atoms with E-state index in [2.05, 4.69) is 60.9 Å². The lowest BCUT2D eigenvalue weighted by atomic mass is 10.1. The van der Waals surface area contributed by atoms with E-state index in [1.165, 1.54) is 10.8 Å². The van der Waals surface area contributed by atoms with Crippen LogP contribution in [0, 0.1) is 0 Å². The monoisotopic (exact) mass is 279 g/mol. The van der Waals surface area contributed by atoms with Crippen LogP contribution >= 0.6 is 0 Å². The van der Waals surface area contributed by atoms with E-state index < -0.39 is 0 Å². The zero-order valence-electron chi connectivity index (χ0n) is 12.6. The summed E-state index contributed by atoms with van der Waals surface area (Å²) in [5.41, 5.74) is 8.34. The molecule has 0 aliphatic rings. The van der Waals surface area contributed by atoms with E-state index in [-0.39, 0.29) is 0 Å². The molecule has 0 atom stereocenters. The fourth-order valence-electron chi connectivity index (χ4n) is 2.81. The van der Waals surface area contributed by atoms with Gasteiger partial charge in [-0.3, -0.25) is 0 Å². The maximum Gasteiger partial charge on any atom is 0.131 e. The van der Waals surface area contributed by atoms with Crippen molar-refractivity contribution in [2.75, 3.05) is 5.73 Å². The van der Waals surface area contributed by atoms with E-state index in [0.717, 1.165) is 42.3 Å². The minimum Gasteiger partial charge on any atom is -0.383 e. The molecule has 21 heavy (non-hydrogen) atoms. The Bertz CT molecular complexity index is 771. The average Bonchev–Trinajstić information content (AvgIpc) is 2.84. The van der Waals surface area contributed by atoms with Crippen LogP contribution in [0.5, 0.6) is 0 Å². The average molecular weight is 279 g/mol. The van der Waals surface area contributed by atoms with Crippen LogP contribution in [0.3, 0.4) is 0 Å². The molecule has 0 radical (unpaired) electrons. The molecule has 1 heterocycles. The van der Waals surface area contributed by atoms with Crippen molar-refractivity contribution in [1.82, 2.24) is 9.55 Å². The Kier molecular flexibility index (Phi) is 3.65. The quantitative estimate of drug-likeness (QED) is 0.775. The molecule has 0 amide bonds. The summed E-state index contributed by atoms with van der Waals surface area (Å²) >= 11 is 0. The normalized spacial score (nSPS) is 11.1. The molecule has 0 saturated carbocycles. The SMILES string of the molecule is CCCn1c(CC)nc(-c2ccc3ccccc3c2)c1N. The Morgan fingerprint density at radius 2 is 1.81 bits per heavy atom. The second-order valence-electron chi connectivity index (χ2n) is 5.33. The van der Waals surface area contributed by atoms with Gasteiger partial charge in [0.05, 0.1) is 0 Å². The molecule has 3 heteroatoms. The zero-order valence-corrected chi connectivity index (χ0v) is 12.6. The van der Waals surface area contributed by atoms with Gasteiger partial charge in [0, 0.05) is 18.5 Å². The van der Waals surface area contributed by atoms with Crippen molar-refractivity contribution in [3.05, 3.63) is 48.3 Å². The summed E-state index contributed by atoms with van der Waals surface area (Å²) in [6.45, 7) is 5.21. The molecule has 3 rings (SSSR count). The van der Waals surface area contributed by atoms with Crippen LogP contribution in [0.2, 0.25) is 0 Å². The van der Waals surface area contributed by atoms with Crippen molar-refractivity contribution >= 4 is 16.6 Å². The largest absolute Gasteiger partial charge is 0.383 e. The molecule has 0 unspecified atom stereocenters. The molecule has 0 aliphatic heterocycles. The highest BCUT2D eigenvalue weighted by molar-refractivity contribution is 5.88. The van der Waals surface area contributed by atoms with Crippen LogP contribution in [-0.2, 0) is 13.0 Å². The number of nitrogens with zero attached hydrogens (tertiary/aromatic N) is 2. The molecule has 0 aliphatic carbocycles. The van der Waals surface area contributed by atoms with Gasteiger partial charge in [0.15, 0.2) is 0 Å². The predicted molar refractivity (Wildman–Crippen MR) is 89.3 cm³/mol. The van der Waals surface area contributed by atoms with Gasteiger partial charge in [-0.05, 0) is 23.3 Å². The van der Waals surface area contributed by atoms with Crippen molar-refractivity contribution < 1.29 is 0 Å². The molecule has 2 aromatic carbocycles. The lowest BCUT2D eigenvalue weighted by Gasteiger charge is -2.07.